The zero-order chi connectivity index (χ0) is 17.1. The number of carbonyl (C=O) groups excluding carboxylic acids is 1. The molecule has 0 bridgehead atoms. The second kappa shape index (κ2) is 6.69. The molecule has 0 spiro atoms. The summed E-state index contributed by atoms with van der Waals surface area (Å²) in [6.07, 6.45) is 0. The van der Waals surface area contributed by atoms with E-state index in [0.29, 0.717) is 0 Å². The summed E-state index contributed by atoms with van der Waals surface area (Å²) in [6.45, 7) is 1.99. The molecule has 23 heavy (non-hydrogen) atoms. The summed E-state index contributed by atoms with van der Waals surface area (Å²) in [4.78, 5) is 35.8. The zero-order valence-corrected chi connectivity index (χ0v) is 14.0. The summed E-state index contributed by atoms with van der Waals surface area (Å²) < 4.78 is 1.15. The molecule has 0 aliphatic carbocycles. The van der Waals surface area contributed by atoms with E-state index in [1.54, 1.807) is 13.0 Å². The Morgan fingerprint density at radius 2 is 2.09 bits per heavy atom. The number of halogens is 1. The number of nitrogens with zero attached hydrogens (tertiary/aromatic N) is 1. The Morgan fingerprint density at radius 1 is 1.39 bits per heavy atom. The molecule has 0 unspecified atom stereocenters. The van der Waals surface area contributed by atoms with Crippen LogP contribution in [0.5, 0.6) is 5.75 Å². The first kappa shape index (κ1) is 16.8. The van der Waals surface area contributed by atoms with Crippen LogP contribution in [0.3, 0.4) is 0 Å². The number of para-hydroxylation sites is 1. The maximum Gasteiger partial charge on any atom is 0.290 e. The maximum atomic E-state index is 12.3. The standard InChI is InChI=1S/C14H15BrN4O4/c1-3-19-14(23)10(9(15)13(22)18-19)17-8-6-4-5-7(11(8)20)12(21)16-2/h4-6,17,20H,3H2,1-2H3,(H,16,21)(H,18,22). The summed E-state index contributed by atoms with van der Waals surface area (Å²) >= 11 is 3.06. The van der Waals surface area contributed by atoms with Crippen LogP contribution in [-0.2, 0) is 6.54 Å². The molecule has 1 amide bonds. The molecule has 0 aliphatic heterocycles. The molecular weight excluding hydrogens is 368 g/mol. The van der Waals surface area contributed by atoms with E-state index >= 15 is 0 Å². The van der Waals surface area contributed by atoms with E-state index in [4.69, 9.17) is 0 Å². The highest BCUT2D eigenvalue weighted by atomic mass is 79.9. The molecule has 122 valence electrons. The molecule has 0 fully saturated rings. The number of aromatic amines is 1. The van der Waals surface area contributed by atoms with Crippen LogP contribution in [0.1, 0.15) is 17.3 Å². The van der Waals surface area contributed by atoms with Crippen LogP contribution < -0.4 is 21.8 Å². The number of carbonyl (C=O) groups is 1. The predicted octanol–water partition coefficient (Wildman–Crippen LogP) is 1.13. The number of phenolic OH excluding ortho intramolecular Hbond substituents is 1. The molecule has 2 aromatic rings. The fraction of sp³-hybridized carbons (Fsp3) is 0.214. The van der Waals surface area contributed by atoms with Crippen molar-refractivity contribution in [3.63, 3.8) is 0 Å². The van der Waals surface area contributed by atoms with Crippen molar-refractivity contribution >= 4 is 33.2 Å². The Morgan fingerprint density at radius 3 is 2.70 bits per heavy atom. The lowest BCUT2D eigenvalue weighted by atomic mass is 10.1. The van der Waals surface area contributed by atoms with Gasteiger partial charge >= 0.3 is 0 Å². The molecule has 2 rings (SSSR count). The fourth-order valence-corrected chi connectivity index (χ4v) is 2.35. The predicted molar refractivity (Wildman–Crippen MR) is 89.5 cm³/mol. The van der Waals surface area contributed by atoms with E-state index in [1.807, 2.05) is 0 Å². The molecule has 0 saturated heterocycles. The molecule has 1 aromatic carbocycles. The number of rotatable bonds is 4. The summed E-state index contributed by atoms with van der Waals surface area (Å²) in [7, 11) is 1.44. The van der Waals surface area contributed by atoms with E-state index in [1.165, 1.54) is 19.2 Å². The van der Waals surface area contributed by atoms with Gasteiger partial charge in [-0.1, -0.05) is 6.07 Å². The molecule has 0 atom stereocenters. The number of nitrogens with one attached hydrogen (secondary N) is 3. The minimum absolute atomic E-state index is 0.0111. The highest BCUT2D eigenvalue weighted by Crippen LogP contribution is 2.30. The normalized spacial score (nSPS) is 10.4. The molecule has 0 radical (unpaired) electrons. The van der Waals surface area contributed by atoms with Crippen LogP contribution in [0.15, 0.2) is 32.3 Å². The average molecular weight is 383 g/mol. The highest BCUT2D eigenvalue weighted by molar-refractivity contribution is 9.10. The van der Waals surface area contributed by atoms with Crippen LogP contribution >= 0.6 is 15.9 Å². The third-order valence-electron chi connectivity index (χ3n) is 3.20. The van der Waals surface area contributed by atoms with Crippen LogP contribution in [0, 0.1) is 0 Å². The van der Waals surface area contributed by atoms with Crippen molar-refractivity contribution in [1.29, 1.82) is 0 Å². The SMILES string of the molecule is CCn1[nH]c(=O)c(Br)c(Nc2cccc(C(=O)NC)c2O)c1=O. The number of hydrogen-bond donors (Lipinski definition) is 4. The van der Waals surface area contributed by atoms with Crippen molar-refractivity contribution in [1.82, 2.24) is 15.1 Å². The van der Waals surface area contributed by atoms with Crippen LogP contribution in [0.4, 0.5) is 11.4 Å². The summed E-state index contributed by atoms with van der Waals surface area (Å²) in [5, 5.41) is 17.7. The minimum Gasteiger partial charge on any atom is -0.505 e. The molecule has 4 N–H and O–H groups in total. The van der Waals surface area contributed by atoms with Gasteiger partial charge in [0.15, 0.2) is 5.75 Å². The van der Waals surface area contributed by atoms with Gasteiger partial charge in [0.1, 0.15) is 10.2 Å². The van der Waals surface area contributed by atoms with E-state index in [-0.39, 0.29) is 33.7 Å². The molecule has 0 saturated carbocycles. The first-order valence-electron chi connectivity index (χ1n) is 6.74. The number of benzene rings is 1. The van der Waals surface area contributed by atoms with Crippen molar-refractivity contribution in [2.45, 2.75) is 13.5 Å². The van der Waals surface area contributed by atoms with Gasteiger partial charge in [-0.15, -0.1) is 0 Å². The Kier molecular flexibility index (Phi) is 4.89. The number of aromatic nitrogens is 2. The third kappa shape index (κ3) is 3.14. The van der Waals surface area contributed by atoms with Crippen molar-refractivity contribution in [2.75, 3.05) is 12.4 Å². The maximum absolute atomic E-state index is 12.3. The van der Waals surface area contributed by atoms with Gasteiger partial charge < -0.3 is 15.7 Å². The number of hydrogen-bond acceptors (Lipinski definition) is 5. The van der Waals surface area contributed by atoms with Crippen molar-refractivity contribution in [3.8, 4) is 5.75 Å². The fourth-order valence-electron chi connectivity index (χ4n) is 1.99. The van der Waals surface area contributed by atoms with Crippen LogP contribution in [0.25, 0.3) is 0 Å². The lowest BCUT2D eigenvalue weighted by Crippen LogP contribution is -2.31. The van der Waals surface area contributed by atoms with Gasteiger partial charge in [-0.05, 0) is 35.0 Å². The first-order chi connectivity index (χ1) is 10.9. The number of phenols is 1. The van der Waals surface area contributed by atoms with Gasteiger partial charge in [0, 0.05) is 13.6 Å². The number of aromatic hydroxyl groups is 1. The zero-order valence-electron chi connectivity index (χ0n) is 12.4. The molecule has 0 aliphatic rings. The Labute approximate surface area is 139 Å². The molecule has 9 heteroatoms. The second-order valence-corrected chi connectivity index (χ2v) is 5.38. The molecule has 1 heterocycles. The van der Waals surface area contributed by atoms with Crippen LogP contribution in [-0.4, -0.2) is 27.8 Å². The number of amides is 1. The lowest BCUT2D eigenvalue weighted by molar-refractivity contribution is 0.0960. The van der Waals surface area contributed by atoms with Gasteiger partial charge in [-0.3, -0.25) is 19.5 Å². The van der Waals surface area contributed by atoms with Gasteiger partial charge in [-0.2, -0.15) is 0 Å². The number of aryl methyl sites for hydroxylation is 1. The Bertz CT molecular complexity index is 872. The molecule has 1 aromatic heterocycles. The number of H-pyrrole nitrogens is 1. The summed E-state index contributed by atoms with van der Waals surface area (Å²) in [6, 6.07) is 4.48. The van der Waals surface area contributed by atoms with Gasteiger partial charge in [0.25, 0.3) is 17.0 Å². The molecule has 8 nitrogen and oxygen atoms in total. The van der Waals surface area contributed by atoms with Crippen molar-refractivity contribution in [3.05, 3.63) is 48.9 Å². The van der Waals surface area contributed by atoms with Crippen molar-refractivity contribution in [2.24, 2.45) is 0 Å². The first-order valence-corrected chi connectivity index (χ1v) is 7.53. The summed E-state index contributed by atoms with van der Waals surface area (Å²) in [5.41, 5.74) is -0.800. The van der Waals surface area contributed by atoms with E-state index in [2.05, 4.69) is 31.7 Å². The van der Waals surface area contributed by atoms with E-state index in [0.717, 1.165) is 4.68 Å². The van der Waals surface area contributed by atoms with Gasteiger partial charge in [-0.25, -0.2) is 4.68 Å². The van der Waals surface area contributed by atoms with Gasteiger partial charge in [0.05, 0.1) is 11.3 Å². The second-order valence-electron chi connectivity index (χ2n) is 4.59. The smallest absolute Gasteiger partial charge is 0.290 e. The third-order valence-corrected chi connectivity index (χ3v) is 3.95. The van der Waals surface area contributed by atoms with Crippen molar-refractivity contribution < 1.29 is 9.90 Å². The monoisotopic (exact) mass is 382 g/mol. The average Bonchev–Trinajstić information content (AvgIpc) is 2.55. The highest BCUT2D eigenvalue weighted by Gasteiger charge is 2.17. The van der Waals surface area contributed by atoms with E-state index < -0.39 is 17.0 Å². The Balaban J connectivity index is 2.57. The van der Waals surface area contributed by atoms with Gasteiger partial charge in [0.2, 0.25) is 0 Å². The molecular formula is C14H15BrN4O4. The Hall–Kier alpha value is -2.55. The minimum atomic E-state index is -0.490. The quantitative estimate of drug-likeness (QED) is 0.591. The van der Waals surface area contributed by atoms with Crippen LogP contribution in [0.2, 0.25) is 0 Å². The lowest BCUT2D eigenvalue weighted by Gasteiger charge is -2.13. The topological polar surface area (TPSA) is 116 Å². The summed E-state index contributed by atoms with van der Waals surface area (Å²) in [5.74, 6) is -0.788. The van der Waals surface area contributed by atoms with E-state index in [9.17, 15) is 19.5 Å². The number of anilines is 2. The largest absolute Gasteiger partial charge is 0.505 e.